The number of aliphatic hydroxyl groups is 7. The zero-order chi connectivity index (χ0) is 38.4. The Morgan fingerprint density at radius 3 is 2.20 bits per heavy atom. The number of rotatable bonds is 5. The van der Waals surface area contributed by atoms with Crippen molar-refractivity contribution in [2.75, 3.05) is 13.2 Å². The molecule has 22 atom stereocenters. The fourth-order valence-corrected chi connectivity index (χ4v) is 12.9. The second-order valence-electron chi connectivity index (χ2n) is 18.9. The van der Waals surface area contributed by atoms with Gasteiger partial charge in [-0.05, 0) is 57.4 Å². The third-order valence-electron chi connectivity index (χ3n) is 16.4. The van der Waals surface area contributed by atoms with Crippen LogP contribution < -0.4 is 0 Å². The zero-order valence-corrected chi connectivity index (χ0v) is 31.9. The molecule has 10 rings (SSSR count). The van der Waals surface area contributed by atoms with Crippen LogP contribution in [0.1, 0.15) is 86.0 Å². The van der Waals surface area contributed by atoms with Gasteiger partial charge in [-0.15, -0.1) is 0 Å². The third-order valence-corrected chi connectivity index (χ3v) is 16.4. The average Bonchev–Trinajstić information content (AvgIpc) is 3.51. The van der Waals surface area contributed by atoms with Gasteiger partial charge in [-0.25, -0.2) is 9.78 Å². The van der Waals surface area contributed by atoms with Crippen LogP contribution in [0.2, 0.25) is 0 Å². The van der Waals surface area contributed by atoms with Crippen molar-refractivity contribution in [3.63, 3.8) is 0 Å². The van der Waals surface area contributed by atoms with Gasteiger partial charge in [0.2, 0.25) is 0 Å². The fourth-order valence-electron chi connectivity index (χ4n) is 12.9. The Labute approximate surface area is 315 Å². The molecule has 0 unspecified atom stereocenters. The number of hydrogen-bond acceptors (Lipinski definition) is 15. The van der Waals surface area contributed by atoms with Crippen molar-refractivity contribution in [3.8, 4) is 0 Å². The van der Waals surface area contributed by atoms with Gasteiger partial charge in [0.25, 0.3) is 0 Å². The lowest BCUT2D eigenvalue weighted by atomic mass is 9.42. The molecule has 6 heterocycles. The maximum Gasteiger partial charge on any atom is 0.187 e. The number of ether oxygens (including phenoxy) is 6. The van der Waals surface area contributed by atoms with E-state index in [-0.39, 0.29) is 29.3 Å². The summed E-state index contributed by atoms with van der Waals surface area (Å²) in [5.41, 5.74) is -3.57. The molecule has 5 saturated heterocycles. The van der Waals surface area contributed by atoms with Crippen LogP contribution in [0, 0.1) is 34.5 Å². The molecule has 2 bridgehead atoms. The first kappa shape index (κ1) is 38.6. The molecule has 4 aliphatic carbocycles. The zero-order valence-electron chi connectivity index (χ0n) is 31.9. The van der Waals surface area contributed by atoms with E-state index in [0.717, 1.165) is 25.7 Å². The summed E-state index contributed by atoms with van der Waals surface area (Å²) in [5, 5.41) is 76.0. The Morgan fingerprint density at radius 2 is 1.52 bits per heavy atom. The summed E-state index contributed by atoms with van der Waals surface area (Å²) in [6.07, 6.45) is -4.92. The molecule has 0 amide bonds. The fraction of sp³-hybridized carbons (Fsp3) is 0.949. The second kappa shape index (κ2) is 12.8. The lowest BCUT2D eigenvalue weighted by Gasteiger charge is -2.70. The van der Waals surface area contributed by atoms with Gasteiger partial charge < -0.3 is 64.2 Å². The van der Waals surface area contributed by atoms with E-state index < -0.39 is 102 Å². The minimum atomic E-state index is -1.66. The van der Waals surface area contributed by atoms with Crippen molar-refractivity contribution in [1.29, 1.82) is 0 Å². The van der Waals surface area contributed by atoms with E-state index in [0.29, 0.717) is 38.2 Å². The highest BCUT2D eigenvalue weighted by Crippen LogP contribution is 2.76. The molecule has 10 aliphatic rings. The molecule has 6 aliphatic heterocycles. The Balaban J connectivity index is 0.955. The van der Waals surface area contributed by atoms with Crippen LogP contribution in [-0.2, 0) is 38.2 Å². The monoisotopic (exact) mass is 768 g/mol. The highest BCUT2D eigenvalue weighted by Gasteiger charge is 2.82. The van der Waals surface area contributed by atoms with Crippen LogP contribution in [0.4, 0.5) is 0 Å². The van der Waals surface area contributed by atoms with E-state index in [1.807, 2.05) is 0 Å². The molecule has 8 fully saturated rings. The molecule has 0 radical (unpaired) electrons. The van der Waals surface area contributed by atoms with Gasteiger partial charge in [0.05, 0.1) is 31.5 Å². The normalized spacial score (nSPS) is 61.9. The number of aliphatic hydroxyl groups excluding tert-OH is 6. The van der Waals surface area contributed by atoms with E-state index >= 15 is 0 Å². The van der Waals surface area contributed by atoms with E-state index in [1.54, 1.807) is 0 Å². The summed E-state index contributed by atoms with van der Waals surface area (Å²) in [5.74, 6) is -0.491. The molecule has 0 aromatic rings. The summed E-state index contributed by atoms with van der Waals surface area (Å²) in [6.45, 7) is 10.3. The van der Waals surface area contributed by atoms with Crippen molar-refractivity contribution in [2.45, 2.75) is 182 Å². The van der Waals surface area contributed by atoms with Crippen molar-refractivity contribution in [1.82, 2.24) is 0 Å². The van der Waals surface area contributed by atoms with Crippen molar-refractivity contribution < 1.29 is 73.9 Å². The van der Waals surface area contributed by atoms with Crippen molar-refractivity contribution in [3.05, 3.63) is 12.2 Å². The molecular formula is C39H60O15. The summed E-state index contributed by atoms with van der Waals surface area (Å²) in [6, 6.07) is 0. The van der Waals surface area contributed by atoms with Gasteiger partial charge in [0.1, 0.15) is 59.5 Å². The maximum atomic E-state index is 12.8. The average molecular weight is 769 g/mol. The van der Waals surface area contributed by atoms with Gasteiger partial charge >= 0.3 is 0 Å². The lowest BCUT2D eigenvalue weighted by Crippen LogP contribution is -2.74. The summed E-state index contributed by atoms with van der Waals surface area (Å²) < 4.78 is 37.3. The van der Waals surface area contributed by atoms with E-state index in [1.165, 1.54) is 6.92 Å². The summed E-state index contributed by atoms with van der Waals surface area (Å²) >= 11 is 0. The van der Waals surface area contributed by atoms with E-state index in [9.17, 15) is 35.7 Å². The predicted octanol–water partition coefficient (Wildman–Crippen LogP) is 0.568. The molecule has 3 spiro atoms. The first-order valence-corrected chi connectivity index (χ1v) is 20.2. The Morgan fingerprint density at radius 1 is 0.759 bits per heavy atom. The summed E-state index contributed by atoms with van der Waals surface area (Å²) in [7, 11) is 0. The van der Waals surface area contributed by atoms with Crippen molar-refractivity contribution >= 4 is 0 Å². The second-order valence-corrected chi connectivity index (χ2v) is 18.9. The SMILES string of the molecule is C[C@@H]1CC[C@@]2(OC1)O[C@H]1C[C@H]3[C@@]45C=C[C@]6(C[C@@H](O[C@@H]7O[C@H](CO)[C@@H](O)[C@H](O)[C@H]7O[C@@H]7O[C@@H](C)[C@H](O)[C@@H](O)[C@H]7O)CC[C@]6(C)[C@H]4CC[C@]3(C)[C@@]1(O)[C@@H]2C)OO5. The number of hydrogen-bond donors (Lipinski definition) is 7. The quantitative estimate of drug-likeness (QED) is 0.150. The molecule has 15 heteroatoms. The minimum absolute atomic E-state index is 0.0574. The van der Waals surface area contributed by atoms with Crippen LogP contribution >= 0.6 is 0 Å². The minimum Gasteiger partial charge on any atom is -0.394 e. The van der Waals surface area contributed by atoms with Crippen LogP contribution in [0.5, 0.6) is 0 Å². The van der Waals surface area contributed by atoms with Crippen molar-refractivity contribution in [2.24, 2.45) is 34.5 Å². The van der Waals surface area contributed by atoms with Crippen LogP contribution in [-0.4, -0.2) is 145 Å². The van der Waals surface area contributed by atoms with Gasteiger partial charge in [0, 0.05) is 41.4 Å². The molecule has 0 aromatic carbocycles. The first-order chi connectivity index (χ1) is 25.5. The highest BCUT2D eigenvalue weighted by atomic mass is 17.2. The smallest absolute Gasteiger partial charge is 0.187 e. The molecule has 306 valence electrons. The van der Waals surface area contributed by atoms with Crippen LogP contribution in [0.15, 0.2) is 12.2 Å². The van der Waals surface area contributed by atoms with Gasteiger partial charge in [0.15, 0.2) is 18.4 Å². The molecule has 54 heavy (non-hydrogen) atoms. The lowest BCUT2D eigenvalue weighted by molar-refractivity contribution is -0.500. The maximum absolute atomic E-state index is 12.8. The largest absolute Gasteiger partial charge is 0.394 e. The third kappa shape index (κ3) is 4.95. The highest BCUT2D eigenvalue weighted by molar-refractivity contribution is 5.36. The first-order valence-electron chi connectivity index (χ1n) is 20.2. The standard InChI is InChI=1S/C39H60O15/c1-18-6-11-38(47-17-18)20(3)39(46)25(52-38)14-24-35(39,5)10-8-23-34(4)9-7-21(15-36(34)12-13-37(23,24)54-53-36)49-33-31(29(44)27(42)22(16-40)50-33)51-32-30(45)28(43)26(41)19(2)48-32/h12-13,18-33,40-46H,6-11,14-17H2,1-5H3/t18-,19+,20-,21+,22-,23-,24-,25+,26+,27-,28-,29+,30-,31-,32+,33-,34-,35+,36-,37-,38-,39-/m1/s1. The van der Waals surface area contributed by atoms with E-state index in [2.05, 4.69) is 39.8 Å². The Kier molecular flexibility index (Phi) is 9.17. The topological polar surface area (TPSA) is 215 Å². The molecule has 0 aromatic heterocycles. The van der Waals surface area contributed by atoms with Gasteiger partial charge in [-0.1, -0.05) is 33.8 Å². The Bertz CT molecular complexity index is 1470. The molecular weight excluding hydrogens is 708 g/mol. The number of fused-ring (bicyclic) bond motifs is 4. The van der Waals surface area contributed by atoms with Crippen LogP contribution in [0.3, 0.4) is 0 Å². The Hall–Kier alpha value is -0.860. The van der Waals surface area contributed by atoms with E-state index in [4.69, 9.17) is 38.2 Å². The molecule has 3 saturated carbocycles. The predicted molar refractivity (Wildman–Crippen MR) is 184 cm³/mol. The summed E-state index contributed by atoms with van der Waals surface area (Å²) in [4.78, 5) is 13.2. The molecule has 7 N–H and O–H groups in total. The van der Waals surface area contributed by atoms with Gasteiger partial charge in [-0.2, -0.15) is 0 Å². The molecule has 15 nitrogen and oxygen atoms in total. The van der Waals surface area contributed by atoms with Crippen LogP contribution in [0.25, 0.3) is 0 Å². The van der Waals surface area contributed by atoms with Gasteiger partial charge in [-0.3, -0.25) is 0 Å².